The lowest BCUT2D eigenvalue weighted by Crippen LogP contribution is -2.71. The number of fused-ring (bicyclic) bond motifs is 1. The molecule has 2 aromatic heterocycles. The van der Waals surface area contributed by atoms with E-state index in [1.165, 1.54) is 21.8 Å². The highest BCUT2D eigenvalue weighted by Gasteiger charge is 2.54. The maximum absolute atomic E-state index is 13.1. The second-order valence-electron chi connectivity index (χ2n) is 8.40. The Morgan fingerprint density at radius 3 is 2.77 bits per heavy atom. The number of carbonyl (C=O) groups excluding carboxylic acids is 2. The zero-order valence-electron chi connectivity index (χ0n) is 20.5. The fourth-order valence-electron chi connectivity index (χ4n) is 3.56. The Labute approximate surface area is 233 Å². The van der Waals surface area contributed by atoms with Crippen LogP contribution in [0.4, 0.5) is 5.13 Å². The van der Waals surface area contributed by atoms with Crippen molar-refractivity contribution >= 4 is 69.5 Å². The van der Waals surface area contributed by atoms with E-state index in [2.05, 4.69) is 31.0 Å². The molecule has 4 rings (SSSR count). The van der Waals surface area contributed by atoms with Crippen LogP contribution in [-0.4, -0.2) is 98.8 Å². The second-order valence-corrected chi connectivity index (χ2v) is 11.3. The molecule has 2 amide bonds. The number of oxime groups is 1. The summed E-state index contributed by atoms with van der Waals surface area (Å²) in [5.74, 6) is -3.17. The van der Waals surface area contributed by atoms with Gasteiger partial charge >= 0.3 is 11.9 Å². The third-order valence-corrected chi connectivity index (χ3v) is 8.34. The van der Waals surface area contributed by atoms with Gasteiger partial charge in [0.05, 0.1) is 13.0 Å². The summed E-state index contributed by atoms with van der Waals surface area (Å²) in [6.07, 6.45) is -0.500. The summed E-state index contributed by atoms with van der Waals surface area (Å²) >= 11 is 3.54. The minimum Gasteiger partial charge on any atom is -0.481 e. The zero-order valence-corrected chi connectivity index (χ0v) is 23.0. The van der Waals surface area contributed by atoms with Crippen LogP contribution in [0.1, 0.15) is 26.0 Å². The number of thiazole rings is 1. The highest BCUT2D eigenvalue weighted by atomic mass is 32.2. The van der Waals surface area contributed by atoms with Gasteiger partial charge in [-0.2, -0.15) is 0 Å². The molecular weight excluding hydrogens is 574 g/mol. The van der Waals surface area contributed by atoms with Gasteiger partial charge < -0.3 is 26.1 Å². The molecule has 2 aliphatic heterocycles. The molecule has 1 unspecified atom stereocenters. The van der Waals surface area contributed by atoms with Gasteiger partial charge in [0.2, 0.25) is 5.16 Å². The summed E-state index contributed by atoms with van der Waals surface area (Å²) in [6.45, 7) is 3.51. The van der Waals surface area contributed by atoms with Gasteiger partial charge in [-0.3, -0.25) is 19.3 Å². The summed E-state index contributed by atoms with van der Waals surface area (Å²) in [5.41, 5.74) is 6.01. The normalized spacial score (nSPS) is 19.1. The molecule has 2 atom stereocenters. The molecule has 208 valence electrons. The molecule has 1 saturated heterocycles. The number of nitrogens with one attached hydrogen (secondary N) is 1. The Morgan fingerprint density at radius 2 is 2.13 bits per heavy atom. The van der Waals surface area contributed by atoms with Crippen molar-refractivity contribution < 1.29 is 34.2 Å². The first-order chi connectivity index (χ1) is 18.6. The Balaban J connectivity index is 1.47. The fourth-order valence-corrected chi connectivity index (χ4v) is 6.49. The lowest BCUT2D eigenvalue weighted by atomic mass is 10.0. The SMILES string of the molecule is CC(C)ON=C(C(=O)NC1C(=O)N2C(C(=O)O)=C(CSc3nnnn3CCC(=O)O)CS[C@H]12)c1csc(N)n1. The number of nitrogen functional groups attached to an aromatic ring is 1. The predicted octanol–water partition coefficient (Wildman–Crippen LogP) is -0.153. The van der Waals surface area contributed by atoms with E-state index in [9.17, 15) is 24.3 Å². The van der Waals surface area contributed by atoms with Crippen molar-refractivity contribution in [2.75, 3.05) is 17.2 Å². The van der Waals surface area contributed by atoms with Crippen LogP contribution in [0.3, 0.4) is 0 Å². The number of hydrogen-bond acceptors (Lipinski definition) is 14. The minimum atomic E-state index is -1.29. The van der Waals surface area contributed by atoms with Gasteiger partial charge in [-0.25, -0.2) is 14.5 Å². The van der Waals surface area contributed by atoms with Crippen molar-refractivity contribution in [3.63, 3.8) is 0 Å². The molecule has 0 aromatic carbocycles. The number of nitrogens with two attached hydrogens (primary N) is 1. The largest absolute Gasteiger partial charge is 0.481 e. The molecular formula is C20H23N9O7S3. The first kappa shape index (κ1) is 28.3. The van der Waals surface area contributed by atoms with Crippen LogP contribution in [0.2, 0.25) is 0 Å². The maximum atomic E-state index is 13.1. The molecule has 2 aromatic rings. The number of carboxylic acid groups (broad SMARTS) is 2. The number of aromatic nitrogens is 5. The minimum absolute atomic E-state index is 0.0549. The van der Waals surface area contributed by atoms with Crippen LogP contribution >= 0.6 is 34.9 Å². The van der Waals surface area contributed by atoms with E-state index in [0.717, 1.165) is 28.0 Å². The zero-order chi connectivity index (χ0) is 28.3. The lowest BCUT2D eigenvalue weighted by Gasteiger charge is -2.49. The summed E-state index contributed by atoms with van der Waals surface area (Å²) < 4.78 is 1.32. The summed E-state index contributed by atoms with van der Waals surface area (Å²) in [4.78, 5) is 59.6. The van der Waals surface area contributed by atoms with Crippen LogP contribution in [0.25, 0.3) is 0 Å². The third kappa shape index (κ3) is 6.31. The number of aliphatic carboxylic acids is 2. The molecule has 19 heteroatoms. The number of carboxylic acids is 2. The molecule has 0 bridgehead atoms. The molecule has 39 heavy (non-hydrogen) atoms. The number of aryl methyl sites for hydroxylation is 1. The average molecular weight is 598 g/mol. The standard InChI is InChI=1S/C20H23N9O7S3/c1-8(2)36-25-12(10-7-38-19(21)22-10)15(32)23-13-16(33)29-14(18(34)35)9(5-37-17(13)29)6-39-20-24-26-27-28(20)4-3-11(30)31/h7-8,13,17H,3-6H2,1-2H3,(H2,21,22)(H,23,32)(H,30,31)(H,34,35)/t13?,17-/m1/s1. The number of amides is 2. The van der Waals surface area contributed by atoms with E-state index in [1.54, 1.807) is 13.8 Å². The van der Waals surface area contributed by atoms with Crippen molar-refractivity contribution in [3.8, 4) is 0 Å². The number of hydrogen-bond donors (Lipinski definition) is 4. The highest BCUT2D eigenvalue weighted by Crippen LogP contribution is 2.41. The molecule has 1 fully saturated rings. The maximum Gasteiger partial charge on any atom is 0.352 e. The number of nitrogens with zero attached hydrogens (tertiary/aromatic N) is 7. The van der Waals surface area contributed by atoms with Crippen LogP contribution < -0.4 is 11.1 Å². The van der Waals surface area contributed by atoms with E-state index < -0.39 is 35.2 Å². The van der Waals surface area contributed by atoms with E-state index in [1.807, 2.05) is 0 Å². The van der Waals surface area contributed by atoms with Gasteiger partial charge in [-0.05, 0) is 29.8 Å². The Bertz CT molecular complexity index is 1360. The molecule has 0 saturated carbocycles. The van der Waals surface area contributed by atoms with E-state index in [0.29, 0.717) is 10.7 Å². The van der Waals surface area contributed by atoms with Gasteiger partial charge in [-0.15, -0.1) is 28.2 Å². The Morgan fingerprint density at radius 1 is 1.36 bits per heavy atom. The summed E-state index contributed by atoms with van der Waals surface area (Å²) in [7, 11) is 0. The van der Waals surface area contributed by atoms with Crippen LogP contribution in [-0.2, 0) is 30.6 Å². The van der Waals surface area contributed by atoms with Gasteiger partial charge in [0.15, 0.2) is 10.8 Å². The summed E-state index contributed by atoms with van der Waals surface area (Å²) in [6, 6.07) is -0.991. The van der Waals surface area contributed by atoms with Crippen molar-refractivity contribution in [2.45, 2.75) is 49.5 Å². The van der Waals surface area contributed by atoms with E-state index in [4.69, 9.17) is 15.7 Å². The number of tetrazole rings is 1. The van der Waals surface area contributed by atoms with E-state index >= 15 is 0 Å². The van der Waals surface area contributed by atoms with Crippen LogP contribution in [0.5, 0.6) is 0 Å². The fraction of sp³-hybridized carbons (Fsp3) is 0.450. The van der Waals surface area contributed by atoms with Crippen molar-refractivity contribution in [3.05, 3.63) is 22.3 Å². The van der Waals surface area contributed by atoms with Crippen LogP contribution in [0.15, 0.2) is 27.0 Å². The number of β-lactam (4-membered cyclic amide) rings is 1. The van der Waals surface area contributed by atoms with E-state index in [-0.39, 0.29) is 52.8 Å². The molecule has 4 heterocycles. The smallest absolute Gasteiger partial charge is 0.352 e. The molecule has 2 aliphatic rings. The van der Waals surface area contributed by atoms with Gasteiger partial charge in [0, 0.05) is 16.9 Å². The average Bonchev–Trinajstić information content (AvgIpc) is 3.52. The second kappa shape index (κ2) is 12.0. The molecule has 0 radical (unpaired) electrons. The third-order valence-electron chi connectivity index (χ3n) is 5.28. The number of anilines is 1. The van der Waals surface area contributed by atoms with Gasteiger partial charge in [0.1, 0.15) is 28.9 Å². The number of carbonyl (C=O) groups is 4. The van der Waals surface area contributed by atoms with Crippen molar-refractivity contribution in [2.24, 2.45) is 5.16 Å². The Hall–Kier alpha value is -3.71. The monoisotopic (exact) mass is 597 g/mol. The number of rotatable bonds is 12. The predicted molar refractivity (Wildman–Crippen MR) is 140 cm³/mol. The van der Waals surface area contributed by atoms with Crippen molar-refractivity contribution in [1.82, 2.24) is 35.4 Å². The molecule has 5 N–H and O–H groups in total. The highest BCUT2D eigenvalue weighted by molar-refractivity contribution is 8.01. The first-order valence-corrected chi connectivity index (χ1v) is 14.2. The summed E-state index contributed by atoms with van der Waals surface area (Å²) in [5, 5.41) is 37.9. The van der Waals surface area contributed by atoms with Crippen molar-refractivity contribution in [1.29, 1.82) is 0 Å². The van der Waals surface area contributed by atoms with Gasteiger partial charge in [0.25, 0.3) is 11.8 Å². The topological polar surface area (TPSA) is 228 Å². The lowest BCUT2D eigenvalue weighted by molar-refractivity contribution is -0.150. The van der Waals surface area contributed by atoms with Gasteiger partial charge in [-0.1, -0.05) is 16.9 Å². The first-order valence-electron chi connectivity index (χ1n) is 11.3. The molecule has 0 spiro atoms. The Kier molecular flexibility index (Phi) is 8.70. The van der Waals surface area contributed by atoms with Crippen LogP contribution in [0, 0.1) is 0 Å². The molecule has 16 nitrogen and oxygen atoms in total. The molecule has 0 aliphatic carbocycles. The quantitative estimate of drug-likeness (QED) is 0.108. The number of thioether (sulfide) groups is 2.